The molecule has 6 aromatic carbocycles. The molecule has 0 spiro atoms. The molecule has 0 amide bonds. The van der Waals surface area contributed by atoms with Crippen LogP contribution in [0.1, 0.15) is 75.9 Å². The first-order valence-corrected chi connectivity index (χ1v) is 18.0. The second-order valence-electron chi connectivity index (χ2n) is 14.8. The van der Waals surface area contributed by atoms with Gasteiger partial charge < -0.3 is 14.2 Å². The van der Waals surface area contributed by atoms with E-state index in [1.54, 1.807) is 0 Å². The third-order valence-electron chi connectivity index (χ3n) is 11.9. The highest BCUT2D eigenvalue weighted by atomic mass is 16.3. The van der Waals surface area contributed by atoms with Gasteiger partial charge in [0.15, 0.2) is 0 Å². The van der Waals surface area contributed by atoms with Gasteiger partial charge in [-0.15, -0.1) is 4.98 Å². The quantitative estimate of drug-likeness (QED) is 0.171. The Balaban J connectivity index is 1.29. The summed E-state index contributed by atoms with van der Waals surface area (Å²) in [5.41, 5.74) is 15.2. The van der Waals surface area contributed by atoms with E-state index in [1.807, 2.05) is 18.2 Å². The fraction of sp³-hybridized carbons (Fsp3) is 0.104. The number of aromatic nitrogens is 1. The number of anilines is 3. The van der Waals surface area contributed by atoms with Crippen LogP contribution in [0.3, 0.4) is 0 Å². The number of nitrogens with zero attached hydrogens (tertiary/aromatic N) is 4. The molecule has 53 heavy (non-hydrogen) atoms. The molecule has 0 fully saturated rings. The first-order valence-electron chi connectivity index (χ1n) is 18.0. The molecule has 248 valence electrons. The lowest BCUT2D eigenvalue weighted by atomic mass is 9.62. The summed E-state index contributed by atoms with van der Waals surface area (Å²) in [6.45, 7) is 12.9. The van der Waals surface area contributed by atoms with Crippen LogP contribution in [0.15, 0.2) is 138 Å². The van der Waals surface area contributed by atoms with Gasteiger partial charge in [0.2, 0.25) is 0 Å². The predicted molar refractivity (Wildman–Crippen MR) is 210 cm³/mol. The zero-order valence-electron chi connectivity index (χ0n) is 29.1. The molecule has 0 atom stereocenters. The van der Waals surface area contributed by atoms with Crippen LogP contribution in [0.4, 0.5) is 22.9 Å². The fourth-order valence-electron chi connectivity index (χ4n) is 9.64. The lowest BCUT2D eigenvalue weighted by Gasteiger charge is -2.46. The lowest BCUT2D eigenvalue weighted by molar-refractivity contribution is 0.602. The summed E-state index contributed by atoms with van der Waals surface area (Å²) in [5.74, 6) is -0.201. The number of para-hydroxylation sites is 1. The minimum absolute atomic E-state index is 0.127. The fourth-order valence-corrected chi connectivity index (χ4v) is 9.64. The summed E-state index contributed by atoms with van der Waals surface area (Å²) in [6.07, 6.45) is 0. The van der Waals surface area contributed by atoms with Gasteiger partial charge in [0.05, 0.1) is 29.0 Å². The van der Waals surface area contributed by atoms with Crippen molar-refractivity contribution in [3.63, 3.8) is 0 Å². The van der Waals surface area contributed by atoms with Crippen molar-refractivity contribution in [3.05, 3.63) is 195 Å². The first-order chi connectivity index (χ1) is 26.0. The van der Waals surface area contributed by atoms with Gasteiger partial charge in [0.1, 0.15) is 22.4 Å². The SMILES string of the molecule is [C-]#[N+]c1nc2c(c(N3c4ccc(-c5ccccc5)cc4C(C)(C)c4c3ccc3c4oc4ccccc43)c1C#N)C1c3ccccc3C2c2ccccc21. The number of hydrogen-bond acceptors (Lipinski definition) is 4. The van der Waals surface area contributed by atoms with E-state index in [0.29, 0.717) is 0 Å². The second kappa shape index (κ2) is 10.5. The Morgan fingerprint density at radius 1 is 0.717 bits per heavy atom. The van der Waals surface area contributed by atoms with Gasteiger partial charge in [-0.2, -0.15) is 5.26 Å². The van der Waals surface area contributed by atoms with Crippen LogP contribution in [0, 0.1) is 17.9 Å². The number of fused-ring (bicyclic) bond motifs is 6. The normalized spacial score (nSPS) is 16.9. The Morgan fingerprint density at radius 2 is 1.36 bits per heavy atom. The molecule has 3 heterocycles. The van der Waals surface area contributed by atoms with E-state index in [-0.39, 0.29) is 23.2 Å². The summed E-state index contributed by atoms with van der Waals surface area (Å²) in [5, 5.41) is 13.2. The van der Waals surface area contributed by atoms with Crippen LogP contribution >= 0.6 is 0 Å². The number of rotatable bonds is 2. The van der Waals surface area contributed by atoms with E-state index < -0.39 is 5.41 Å². The molecule has 0 saturated carbocycles. The Morgan fingerprint density at radius 3 is 2.06 bits per heavy atom. The van der Waals surface area contributed by atoms with E-state index >= 15 is 0 Å². The molecule has 3 aliphatic carbocycles. The summed E-state index contributed by atoms with van der Waals surface area (Å²) in [6, 6.07) is 49.4. The zero-order valence-corrected chi connectivity index (χ0v) is 29.1. The van der Waals surface area contributed by atoms with Crippen molar-refractivity contribution in [2.45, 2.75) is 31.1 Å². The average molecular weight is 679 g/mol. The molecule has 0 N–H and O–H groups in total. The van der Waals surface area contributed by atoms with E-state index in [4.69, 9.17) is 16.0 Å². The Kier molecular flexibility index (Phi) is 5.92. The van der Waals surface area contributed by atoms with Crippen molar-refractivity contribution in [2.75, 3.05) is 4.90 Å². The Labute approximate surface area is 306 Å². The maximum atomic E-state index is 11.1. The van der Waals surface area contributed by atoms with Crippen LogP contribution in [-0.4, -0.2) is 4.98 Å². The Hall–Kier alpha value is -6.95. The van der Waals surface area contributed by atoms with Crippen molar-refractivity contribution in [2.24, 2.45) is 0 Å². The number of nitriles is 1. The van der Waals surface area contributed by atoms with E-state index in [9.17, 15) is 5.26 Å². The number of furan rings is 1. The van der Waals surface area contributed by atoms with Gasteiger partial charge in [-0.25, -0.2) is 0 Å². The molecule has 2 bridgehead atoms. The van der Waals surface area contributed by atoms with Gasteiger partial charge in [0, 0.05) is 33.2 Å². The molecule has 5 nitrogen and oxygen atoms in total. The smallest absolute Gasteiger partial charge is 0.289 e. The average Bonchev–Trinajstić information content (AvgIpc) is 3.59. The highest BCUT2D eigenvalue weighted by Gasteiger charge is 2.49. The molecule has 8 aromatic rings. The standard InChI is InChI=1S/C48H30N4O/c1-48(2)36-25-28(27-13-5-4-6-14-27)21-23-37(36)52(38-24-22-34-29-15-11-12-20-39(29)53-46(34)43(38)48)45-35(26-49)47(50-3)51-44-41-32-18-9-7-16-30(32)40(42(44)45)31-17-8-10-19-33(31)41/h4-25,40-41H,1-2H3. The van der Waals surface area contributed by atoms with Crippen molar-refractivity contribution >= 4 is 44.8 Å². The van der Waals surface area contributed by atoms with Crippen molar-refractivity contribution in [1.29, 1.82) is 5.26 Å². The number of benzene rings is 6. The van der Waals surface area contributed by atoms with E-state index in [0.717, 1.165) is 72.5 Å². The van der Waals surface area contributed by atoms with Crippen molar-refractivity contribution in [1.82, 2.24) is 4.98 Å². The third kappa shape index (κ3) is 3.81. The maximum absolute atomic E-state index is 11.1. The minimum Gasteiger partial charge on any atom is -0.456 e. The van der Waals surface area contributed by atoms with E-state index in [2.05, 4.69) is 145 Å². The van der Waals surface area contributed by atoms with Crippen molar-refractivity contribution < 1.29 is 4.42 Å². The van der Waals surface area contributed by atoms with E-state index in [1.165, 1.54) is 22.3 Å². The largest absolute Gasteiger partial charge is 0.456 e. The first kappa shape index (κ1) is 29.7. The molecule has 0 saturated heterocycles. The van der Waals surface area contributed by atoms with Gasteiger partial charge in [0.25, 0.3) is 5.82 Å². The molecule has 1 aliphatic heterocycles. The zero-order chi connectivity index (χ0) is 35.6. The maximum Gasteiger partial charge on any atom is 0.289 e. The summed E-state index contributed by atoms with van der Waals surface area (Å²) >= 11 is 0. The molecule has 0 radical (unpaired) electrons. The summed E-state index contributed by atoms with van der Waals surface area (Å²) < 4.78 is 6.80. The number of hydrogen-bond donors (Lipinski definition) is 0. The van der Waals surface area contributed by atoms with Gasteiger partial charge in [-0.3, -0.25) is 0 Å². The van der Waals surface area contributed by atoms with Gasteiger partial charge >= 0.3 is 0 Å². The molecule has 0 unspecified atom stereocenters. The molecule has 4 aliphatic rings. The topological polar surface area (TPSA) is 57.4 Å². The highest BCUT2D eigenvalue weighted by Crippen LogP contribution is 2.62. The summed E-state index contributed by atoms with van der Waals surface area (Å²) in [4.78, 5) is 11.3. The molecule has 5 heteroatoms. The lowest BCUT2D eigenvalue weighted by Crippen LogP contribution is -2.34. The molecule has 2 aromatic heterocycles. The van der Waals surface area contributed by atoms with Crippen LogP contribution < -0.4 is 4.90 Å². The molecular weight excluding hydrogens is 649 g/mol. The van der Waals surface area contributed by atoms with Crippen molar-refractivity contribution in [3.8, 4) is 17.2 Å². The number of pyridine rings is 1. The monoisotopic (exact) mass is 678 g/mol. The Bertz CT molecular complexity index is 2930. The third-order valence-corrected chi connectivity index (χ3v) is 11.9. The van der Waals surface area contributed by atoms with Crippen LogP contribution in [0.25, 0.3) is 37.9 Å². The predicted octanol–water partition coefficient (Wildman–Crippen LogP) is 12.2. The molecule has 12 rings (SSSR count). The van der Waals surface area contributed by atoms with Crippen LogP contribution in [-0.2, 0) is 5.41 Å². The second-order valence-corrected chi connectivity index (χ2v) is 14.8. The van der Waals surface area contributed by atoms with Gasteiger partial charge in [-0.05, 0) is 69.3 Å². The summed E-state index contributed by atoms with van der Waals surface area (Å²) in [7, 11) is 0. The molecular formula is C48H30N4O. The highest BCUT2D eigenvalue weighted by molar-refractivity contribution is 6.09. The van der Waals surface area contributed by atoms with Crippen LogP contribution in [0.5, 0.6) is 0 Å². The van der Waals surface area contributed by atoms with Crippen LogP contribution in [0.2, 0.25) is 0 Å². The minimum atomic E-state index is -0.500. The van der Waals surface area contributed by atoms with Gasteiger partial charge in [-0.1, -0.05) is 124 Å².